The molecular formula is C15H22BrClN2O. The summed E-state index contributed by atoms with van der Waals surface area (Å²) in [7, 11) is 0. The highest BCUT2D eigenvalue weighted by molar-refractivity contribution is 9.10. The molecule has 1 heterocycles. The average Bonchev–Trinajstić information content (AvgIpc) is 2.42. The molecule has 112 valence electrons. The van der Waals surface area contributed by atoms with Gasteiger partial charge in [0.2, 0.25) is 5.91 Å². The topological polar surface area (TPSA) is 41.1 Å². The standard InChI is InChI=1S/C15H21BrN2O.ClH/c1-11(10-13-4-2-3-5-14(13)16)18-15(19)12-6-8-17-9-7-12;/h2-5,11-12,17H,6-10H2,1H3,(H,18,19);1H. The van der Waals surface area contributed by atoms with Gasteiger partial charge in [0.15, 0.2) is 0 Å². The fraction of sp³-hybridized carbons (Fsp3) is 0.533. The van der Waals surface area contributed by atoms with Gasteiger partial charge >= 0.3 is 0 Å². The number of nitrogens with one attached hydrogen (secondary N) is 2. The molecule has 0 aliphatic carbocycles. The maximum Gasteiger partial charge on any atom is 0.223 e. The molecule has 1 aliphatic heterocycles. The molecule has 2 N–H and O–H groups in total. The van der Waals surface area contributed by atoms with Crippen LogP contribution in [0.4, 0.5) is 0 Å². The average molecular weight is 362 g/mol. The normalized spacial score (nSPS) is 17.1. The Hall–Kier alpha value is -0.580. The molecule has 3 nitrogen and oxygen atoms in total. The molecule has 1 aromatic carbocycles. The summed E-state index contributed by atoms with van der Waals surface area (Å²) in [5, 5.41) is 6.42. The van der Waals surface area contributed by atoms with Crippen LogP contribution in [0.1, 0.15) is 25.3 Å². The van der Waals surface area contributed by atoms with Crippen LogP contribution in [0.2, 0.25) is 0 Å². The number of carbonyl (C=O) groups is 1. The van der Waals surface area contributed by atoms with Gasteiger partial charge in [-0.3, -0.25) is 4.79 Å². The predicted octanol–water partition coefficient (Wildman–Crippen LogP) is 2.92. The monoisotopic (exact) mass is 360 g/mol. The highest BCUT2D eigenvalue weighted by atomic mass is 79.9. The Kier molecular flexibility index (Phi) is 7.56. The Balaban J connectivity index is 0.00000200. The zero-order valence-corrected chi connectivity index (χ0v) is 14.1. The first-order chi connectivity index (χ1) is 9.16. The van der Waals surface area contributed by atoms with Crippen molar-refractivity contribution in [1.29, 1.82) is 0 Å². The molecule has 2 rings (SSSR count). The lowest BCUT2D eigenvalue weighted by Crippen LogP contribution is -2.42. The van der Waals surface area contributed by atoms with E-state index in [2.05, 4.69) is 39.6 Å². The van der Waals surface area contributed by atoms with E-state index < -0.39 is 0 Å². The lowest BCUT2D eigenvalue weighted by molar-refractivity contribution is -0.126. The molecule has 0 saturated carbocycles. The Morgan fingerprint density at radius 3 is 2.70 bits per heavy atom. The summed E-state index contributed by atoms with van der Waals surface area (Å²) >= 11 is 3.55. The van der Waals surface area contributed by atoms with Gasteiger partial charge in [0.1, 0.15) is 0 Å². The number of benzene rings is 1. The van der Waals surface area contributed by atoms with Crippen LogP contribution in [-0.2, 0) is 11.2 Å². The molecule has 1 aromatic rings. The molecule has 5 heteroatoms. The summed E-state index contributed by atoms with van der Waals surface area (Å²) in [5.41, 5.74) is 1.24. The van der Waals surface area contributed by atoms with E-state index in [1.54, 1.807) is 0 Å². The van der Waals surface area contributed by atoms with Gasteiger partial charge in [-0.25, -0.2) is 0 Å². The van der Waals surface area contributed by atoms with E-state index in [1.165, 1.54) is 5.56 Å². The Morgan fingerprint density at radius 1 is 1.40 bits per heavy atom. The fourth-order valence-corrected chi connectivity index (χ4v) is 2.94. The van der Waals surface area contributed by atoms with Gasteiger partial charge in [-0.1, -0.05) is 34.1 Å². The van der Waals surface area contributed by atoms with Crippen LogP contribution in [0.15, 0.2) is 28.7 Å². The van der Waals surface area contributed by atoms with Crippen molar-refractivity contribution in [2.24, 2.45) is 5.92 Å². The van der Waals surface area contributed by atoms with Gasteiger partial charge in [0, 0.05) is 16.4 Å². The van der Waals surface area contributed by atoms with Gasteiger partial charge in [0.05, 0.1) is 0 Å². The first kappa shape index (κ1) is 17.5. The molecule has 1 amide bonds. The maximum absolute atomic E-state index is 12.1. The number of carbonyl (C=O) groups excluding carboxylic acids is 1. The molecule has 0 radical (unpaired) electrons. The summed E-state index contributed by atoms with van der Waals surface area (Å²) in [6, 6.07) is 8.34. The van der Waals surface area contributed by atoms with Crippen LogP contribution in [0.5, 0.6) is 0 Å². The van der Waals surface area contributed by atoms with Gasteiger partial charge in [0.25, 0.3) is 0 Å². The Labute approximate surface area is 135 Å². The van der Waals surface area contributed by atoms with Gasteiger partial charge in [-0.05, 0) is 50.9 Å². The molecule has 20 heavy (non-hydrogen) atoms. The summed E-state index contributed by atoms with van der Waals surface area (Å²) in [6.07, 6.45) is 2.76. The fourth-order valence-electron chi connectivity index (χ4n) is 2.49. The quantitative estimate of drug-likeness (QED) is 0.866. The maximum atomic E-state index is 12.1. The highest BCUT2D eigenvalue weighted by Gasteiger charge is 2.22. The summed E-state index contributed by atoms with van der Waals surface area (Å²) in [6.45, 7) is 3.98. The second kappa shape index (κ2) is 8.65. The molecular weight excluding hydrogens is 340 g/mol. The Morgan fingerprint density at radius 2 is 2.05 bits per heavy atom. The van der Waals surface area contributed by atoms with Crippen molar-refractivity contribution in [2.75, 3.05) is 13.1 Å². The van der Waals surface area contributed by atoms with Crippen LogP contribution >= 0.6 is 28.3 Å². The first-order valence-electron chi connectivity index (χ1n) is 6.91. The van der Waals surface area contributed by atoms with Gasteiger partial charge in [-0.15, -0.1) is 12.4 Å². The molecule has 1 unspecified atom stereocenters. The van der Waals surface area contributed by atoms with Gasteiger partial charge in [-0.2, -0.15) is 0 Å². The van der Waals surface area contributed by atoms with Crippen molar-refractivity contribution in [1.82, 2.24) is 10.6 Å². The van der Waals surface area contributed by atoms with E-state index in [0.29, 0.717) is 0 Å². The lowest BCUT2D eigenvalue weighted by atomic mass is 9.96. The number of halogens is 2. The zero-order chi connectivity index (χ0) is 13.7. The number of piperidine rings is 1. The summed E-state index contributed by atoms with van der Waals surface area (Å²) in [4.78, 5) is 12.1. The second-order valence-corrected chi connectivity index (χ2v) is 6.08. The number of hydrogen-bond donors (Lipinski definition) is 2. The highest BCUT2D eigenvalue weighted by Crippen LogP contribution is 2.18. The number of hydrogen-bond acceptors (Lipinski definition) is 2. The summed E-state index contributed by atoms with van der Waals surface area (Å²) in [5.74, 6) is 0.393. The lowest BCUT2D eigenvalue weighted by Gasteiger charge is -2.24. The van der Waals surface area contributed by atoms with E-state index in [-0.39, 0.29) is 30.3 Å². The van der Waals surface area contributed by atoms with Crippen LogP contribution in [0.25, 0.3) is 0 Å². The van der Waals surface area contributed by atoms with E-state index in [0.717, 1.165) is 36.8 Å². The minimum absolute atomic E-state index is 0. The van der Waals surface area contributed by atoms with Crippen molar-refractivity contribution in [3.8, 4) is 0 Å². The van der Waals surface area contributed by atoms with Crippen LogP contribution in [0, 0.1) is 5.92 Å². The van der Waals surface area contributed by atoms with E-state index in [4.69, 9.17) is 0 Å². The first-order valence-corrected chi connectivity index (χ1v) is 7.70. The van der Waals surface area contributed by atoms with E-state index in [9.17, 15) is 4.79 Å². The molecule has 0 aromatic heterocycles. The third-order valence-corrected chi connectivity index (χ3v) is 4.36. The third kappa shape index (κ3) is 5.08. The largest absolute Gasteiger partial charge is 0.353 e. The Bertz CT molecular complexity index is 436. The predicted molar refractivity (Wildman–Crippen MR) is 88.3 cm³/mol. The molecule has 0 spiro atoms. The van der Waals surface area contributed by atoms with Crippen LogP contribution in [-0.4, -0.2) is 25.0 Å². The zero-order valence-electron chi connectivity index (χ0n) is 11.7. The molecule has 1 atom stereocenters. The molecule has 1 aliphatic rings. The van der Waals surface area contributed by atoms with E-state index in [1.807, 2.05) is 18.2 Å². The molecule has 1 saturated heterocycles. The van der Waals surface area contributed by atoms with Gasteiger partial charge < -0.3 is 10.6 Å². The number of amides is 1. The van der Waals surface area contributed by atoms with E-state index >= 15 is 0 Å². The van der Waals surface area contributed by atoms with Crippen LogP contribution in [0.3, 0.4) is 0 Å². The third-order valence-electron chi connectivity index (χ3n) is 3.58. The van der Waals surface area contributed by atoms with Crippen molar-refractivity contribution >= 4 is 34.2 Å². The number of rotatable bonds is 4. The molecule has 1 fully saturated rings. The second-order valence-electron chi connectivity index (χ2n) is 5.23. The van der Waals surface area contributed by atoms with Crippen LogP contribution < -0.4 is 10.6 Å². The minimum atomic E-state index is 0. The summed E-state index contributed by atoms with van der Waals surface area (Å²) < 4.78 is 1.11. The van der Waals surface area contributed by atoms with Crippen molar-refractivity contribution in [2.45, 2.75) is 32.2 Å². The molecule has 0 bridgehead atoms. The smallest absolute Gasteiger partial charge is 0.223 e. The van der Waals surface area contributed by atoms with Crippen molar-refractivity contribution in [3.63, 3.8) is 0 Å². The van der Waals surface area contributed by atoms with Crippen molar-refractivity contribution in [3.05, 3.63) is 34.3 Å². The minimum Gasteiger partial charge on any atom is -0.353 e. The van der Waals surface area contributed by atoms with Crippen molar-refractivity contribution < 1.29 is 4.79 Å². The SMILES string of the molecule is CC(Cc1ccccc1Br)NC(=O)C1CCNCC1.Cl.